The molecule has 0 saturated heterocycles. The molecule has 1 unspecified atom stereocenters. The summed E-state index contributed by atoms with van der Waals surface area (Å²) < 4.78 is 10.3. The van der Waals surface area contributed by atoms with Crippen LogP contribution in [-0.2, 0) is 22.4 Å². The van der Waals surface area contributed by atoms with Crippen molar-refractivity contribution in [2.75, 3.05) is 13.2 Å². The number of carbonyl (C=O) groups is 2. The molecule has 1 aliphatic rings. The summed E-state index contributed by atoms with van der Waals surface area (Å²) in [6.07, 6.45) is 6.07. The van der Waals surface area contributed by atoms with Crippen LogP contribution >= 0.6 is 0 Å². The smallest absolute Gasteiger partial charge is 0.328 e. The molecule has 0 aromatic carbocycles. The Morgan fingerprint density at radius 3 is 2.91 bits per heavy atom. The maximum atomic E-state index is 12.3. The highest BCUT2D eigenvalue weighted by Crippen LogP contribution is 2.23. The molecule has 2 rings (SSSR count). The molecule has 1 amide bonds. The number of carboxylic acid groups (broad SMARTS) is 1. The van der Waals surface area contributed by atoms with Crippen LogP contribution in [0.4, 0.5) is 0 Å². The summed E-state index contributed by atoms with van der Waals surface area (Å²) in [7, 11) is 0. The number of rotatable bonds is 7. The molecule has 7 nitrogen and oxygen atoms in total. The van der Waals surface area contributed by atoms with Gasteiger partial charge in [0.15, 0.2) is 11.7 Å². The molecular formula is C15H20N2O5. The highest BCUT2D eigenvalue weighted by atomic mass is 16.5. The number of ether oxygens (including phenoxy) is 1. The molecule has 1 aliphatic carbocycles. The van der Waals surface area contributed by atoms with Gasteiger partial charge in [0.25, 0.3) is 5.91 Å². The van der Waals surface area contributed by atoms with Crippen molar-refractivity contribution >= 4 is 11.9 Å². The third-order valence-corrected chi connectivity index (χ3v) is 3.54. The molecule has 2 N–H and O–H groups in total. The summed E-state index contributed by atoms with van der Waals surface area (Å²) in [5.74, 6) is -0.967. The molecule has 7 heteroatoms. The molecule has 0 spiro atoms. The summed E-state index contributed by atoms with van der Waals surface area (Å²) in [6, 6.07) is -1.13. The lowest BCUT2D eigenvalue weighted by atomic mass is 10.1. The van der Waals surface area contributed by atoms with Crippen LogP contribution < -0.4 is 5.32 Å². The van der Waals surface area contributed by atoms with E-state index in [1.165, 1.54) is 6.08 Å². The molecule has 1 heterocycles. The van der Waals surface area contributed by atoms with Crippen molar-refractivity contribution in [1.82, 2.24) is 10.5 Å². The van der Waals surface area contributed by atoms with Crippen LogP contribution in [0.25, 0.3) is 0 Å². The molecule has 0 aliphatic heterocycles. The Labute approximate surface area is 128 Å². The predicted molar refractivity (Wildman–Crippen MR) is 77.7 cm³/mol. The largest absolute Gasteiger partial charge is 0.480 e. The van der Waals surface area contributed by atoms with Crippen molar-refractivity contribution in [3.05, 3.63) is 29.7 Å². The number of carboxylic acids is 1. The zero-order chi connectivity index (χ0) is 15.9. The number of nitrogens with zero attached hydrogens (tertiary/aromatic N) is 1. The van der Waals surface area contributed by atoms with Crippen LogP contribution in [-0.4, -0.2) is 41.4 Å². The molecule has 1 aromatic rings. The number of amides is 1. The third-order valence-electron chi connectivity index (χ3n) is 3.54. The van der Waals surface area contributed by atoms with Crippen LogP contribution in [0.15, 0.2) is 17.2 Å². The second-order valence-corrected chi connectivity index (χ2v) is 5.18. The molecular weight excluding hydrogens is 288 g/mol. The Hall–Kier alpha value is -2.15. The van der Waals surface area contributed by atoms with Crippen molar-refractivity contribution in [3.8, 4) is 0 Å². The van der Waals surface area contributed by atoms with E-state index in [9.17, 15) is 9.59 Å². The average molecular weight is 308 g/mol. The summed E-state index contributed by atoms with van der Waals surface area (Å²) in [5, 5.41) is 15.4. The maximum absolute atomic E-state index is 12.3. The van der Waals surface area contributed by atoms with Crippen molar-refractivity contribution in [1.29, 1.82) is 0 Å². The number of hydrogen-bond donors (Lipinski definition) is 2. The van der Waals surface area contributed by atoms with Crippen LogP contribution in [0.5, 0.6) is 0 Å². The summed E-state index contributed by atoms with van der Waals surface area (Å²) >= 11 is 0. The summed E-state index contributed by atoms with van der Waals surface area (Å²) in [5.41, 5.74) is 0.984. The van der Waals surface area contributed by atoms with Crippen LogP contribution in [0.3, 0.4) is 0 Å². The minimum Gasteiger partial charge on any atom is -0.480 e. The van der Waals surface area contributed by atoms with Gasteiger partial charge in [-0.15, -0.1) is 6.58 Å². The molecule has 22 heavy (non-hydrogen) atoms. The predicted octanol–water partition coefficient (Wildman–Crippen LogP) is 1.33. The van der Waals surface area contributed by atoms with E-state index in [0.29, 0.717) is 0 Å². The number of nitrogens with one attached hydrogen (secondary N) is 1. The number of hydrogen-bond acceptors (Lipinski definition) is 5. The lowest BCUT2D eigenvalue weighted by Gasteiger charge is -2.13. The van der Waals surface area contributed by atoms with E-state index >= 15 is 0 Å². The standard InChI is InChI=1S/C15H20N2O5/c1-2-8-21-9-11(15(19)20)16-14(18)13-10-6-4-3-5-7-12(10)22-17-13/h2,11H,1,3-9H2,(H,16,18)(H,19,20). The fraction of sp³-hybridized carbons (Fsp3) is 0.533. The number of aliphatic carboxylic acids is 1. The highest BCUT2D eigenvalue weighted by molar-refractivity contribution is 5.96. The normalized spacial score (nSPS) is 15.5. The van der Waals surface area contributed by atoms with Gasteiger partial charge < -0.3 is 19.7 Å². The molecule has 0 fully saturated rings. The van der Waals surface area contributed by atoms with Crippen molar-refractivity contribution in [3.63, 3.8) is 0 Å². The minimum atomic E-state index is -1.16. The van der Waals surface area contributed by atoms with Crippen LogP contribution in [0.2, 0.25) is 0 Å². The van der Waals surface area contributed by atoms with E-state index in [2.05, 4.69) is 17.1 Å². The van der Waals surface area contributed by atoms with E-state index in [1.54, 1.807) is 0 Å². The van der Waals surface area contributed by atoms with E-state index in [0.717, 1.165) is 43.4 Å². The van der Waals surface area contributed by atoms with Gasteiger partial charge >= 0.3 is 5.97 Å². The first kappa shape index (κ1) is 16.2. The van der Waals surface area contributed by atoms with Gasteiger partial charge in [-0.3, -0.25) is 4.79 Å². The molecule has 1 atom stereocenters. The fourth-order valence-corrected chi connectivity index (χ4v) is 2.41. The topological polar surface area (TPSA) is 102 Å². The Kier molecular flexibility index (Phi) is 5.71. The Bertz CT molecular complexity index is 552. The average Bonchev–Trinajstić information content (AvgIpc) is 2.75. The van der Waals surface area contributed by atoms with Crippen molar-refractivity contribution in [2.45, 2.75) is 38.1 Å². The molecule has 1 aromatic heterocycles. The van der Waals surface area contributed by atoms with E-state index in [1.807, 2.05) is 0 Å². The first-order chi connectivity index (χ1) is 10.6. The lowest BCUT2D eigenvalue weighted by Crippen LogP contribution is -2.44. The van der Waals surface area contributed by atoms with Gasteiger partial charge in [0.2, 0.25) is 0 Å². The Morgan fingerprint density at radius 1 is 1.41 bits per heavy atom. The monoisotopic (exact) mass is 308 g/mol. The fourth-order valence-electron chi connectivity index (χ4n) is 2.41. The quantitative estimate of drug-likeness (QED) is 0.447. The van der Waals surface area contributed by atoms with E-state index in [4.69, 9.17) is 14.4 Å². The first-order valence-electron chi connectivity index (χ1n) is 7.33. The van der Waals surface area contributed by atoms with Gasteiger partial charge in [-0.1, -0.05) is 17.7 Å². The SMILES string of the molecule is C=CCOCC(NC(=O)c1noc2c1CCCCC2)C(=O)O. The van der Waals surface area contributed by atoms with Crippen molar-refractivity contribution < 1.29 is 24.0 Å². The summed E-state index contributed by atoms with van der Waals surface area (Å²) in [6.45, 7) is 3.57. The zero-order valence-corrected chi connectivity index (χ0v) is 12.3. The van der Waals surface area contributed by atoms with Crippen molar-refractivity contribution in [2.24, 2.45) is 0 Å². The number of fused-ring (bicyclic) bond motifs is 1. The van der Waals surface area contributed by atoms with Gasteiger partial charge in [-0.2, -0.15) is 0 Å². The van der Waals surface area contributed by atoms with Crippen LogP contribution in [0.1, 0.15) is 41.1 Å². The van der Waals surface area contributed by atoms with Gasteiger partial charge in [-0.05, 0) is 19.3 Å². The summed E-state index contributed by atoms with van der Waals surface area (Å²) in [4.78, 5) is 23.4. The molecule has 0 radical (unpaired) electrons. The lowest BCUT2D eigenvalue weighted by molar-refractivity contribution is -0.140. The Balaban J connectivity index is 2.05. The van der Waals surface area contributed by atoms with Gasteiger partial charge in [0.05, 0.1) is 13.2 Å². The Morgan fingerprint density at radius 2 is 2.18 bits per heavy atom. The van der Waals surface area contributed by atoms with E-state index < -0.39 is 17.9 Å². The molecule has 0 bridgehead atoms. The van der Waals surface area contributed by atoms with Gasteiger partial charge in [0.1, 0.15) is 5.76 Å². The second-order valence-electron chi connectivity index (χ2n) is 5.18. The number of carbonyl (C=O) groups excluding carboxylic acids is 1. The van der Waals surface area contributed by atoms with E-state index in [-0.39, 0.29) is 18.9 Å². The van der Waals surface area contributed by atoms with Gasteiger partial charge in [0, 0.05) is 12.0 Å². The third kappa shape index (κ3) is 3.94. The number of aryl methyl sites for hydroxylation is 1. The first-order valence-corrected chi connectivity index (χ1v) is 7.33. The minimum absolute atomic E-state index is 0.132. The van der Waals surface area contributed by atoms with Gasteiger partial charge in [-0.25, -0.2) is 4.79 Å². The zero-order valence-electron chi connectivity index (χ0n) is 12.3. The molecule has 120 valence electrons. The molecule has 0 saturated carbocycles. The second kappa shape index (κ2) is 7.74. The highest BCUT2D eigenvalue weighted by Gasteiger charge is 2.27. The van der Waals surface area contributed by atoms with Crippen LogP contribution in [0, 0.1) is 0 Å². The number of aromatic nitrogens is 1. The maximum Gasteiger partial charge on any atom is 0.328 e.